The van der Waals surface area contributed by atoms with Gasteiger partial charge in [-0.15, -0.1) is 0 Å². The lowest BCUT2D eigenvalue weighted by Gasteiger charge is -2.57. The molecule has 4 nitrogen and oxygen atoms in total. The molecule has 24 heavy (non-hydrogen) atoms. The first-order chi connectivity index (χ1) is 11.7. The number of piperidine rings is 1. The SMILES string of the molecule is COc1ccc2c3c1O[C@H]1C=C[C@H](N=C=S)[C@H]4[C@@H](C2)N(C)CC[C@@]341. The van der Waals surface area contributed by atoms with Crippen molar-refractivity contribution in [3.8, 4) is 11.5 Å². The molecule has 1 saturated heterocycles. The second kappa shape index (κ2) is 4.92. The number of ether oxygens (including phenoxy) is 2. The quantitative estimate of drug-likeness (QED) is 0.471. The van der Waals surface area contributed by atoms with Crippen molar-refractivity contribution in [3.05, 3.63) is 35.4 Å². The predicted molar refractivity (Wildman–Crippen MR) is 95.3 cm³/mol. The Labute approximate surface area is 147 Å². The minimum Gasteiger partial charge on any atom is -0.493 e. The van der Waals surface area contributed by atoms with Gasteiger partial charge in [0.25, 0.3) is 0 Å². The van der Waals surface area contributed by atoms with Crippen LogP contribution in [0.15, 0.2) is 29.3 Å². The summed E-state index contributed by atoms with van der Waals surface area (Å²) in [6.07, 6.45) is 6.54. The molecular weight excluding hydrogens is 320 g/mol. The highest BCUT2D eigenvalue weighted by atomic mass is 32.1. The highest BCUT2D eigenvalue weighted by Gasteiger charge is 2.64. The average molecular weight is 340 g/mol. The fourth-order valence-electron chi connectivity index (χ4n) is 5.64. The van der Waals surface area contributed by atoms with Crippen LogP contribution in [-0.4, -0.2) is 49.0 Å². The van der Waals surface area contributed by atoms with Crippen LogP contribution in [0.3, 0.4) is 0 Å². The van der Waals surface area contributed by atoms with Gasteiger partial charge in [-0.2, -0.15) is 0 Å². The molecule has 4 aliphatic rings. The van der Waals surface area contributed by atoms with Crippen molar-refractivity contribution in [1.82, 2.24) is 4.90 Å². The maximum Gasteiger partial charge on any atom is 0.166 e. The molecule has 0 aromatic heterocycles. The molecule has 2 heterocycles. The molecule has 5 atom stereocenters. The van der Waals surface area contributed by atoms with Crippen LogP contribution in [0.1, 0.15) is 17.5 Å². The Balaban J connectivity index is 1.81. The van der Waals surface area contributed by atoms with E-state index in [1.165, 1.54) is 11.1 Å². The molecule has 1 aromatic rings. The summed E-state index contributed by atoms with van der Waals surface area (Å²) in [5, 5.41) is 2.62. The normalized spacial score (nSPS) is 38.1. The van der Waals surface area contributed by atoms with E-state index in [0.717, 1.165) is 30.9 Å². The smallest absolute Gasteiger partial charge is 0.166 e. The topological polar surface area (TPSA) is 34.1 Å². The van der Waals surface area contributed by atoms with Gasteiger partial charge in [0.1, 0.15) is 6.10 Å². The molecule has 2 bridgehead atoms. The minimum absolute atomic E-state index is 0.0102. The summed E-state index contributed by atoms with van der Waals surface area (Å²) in [5.74, 6) is 2.17. The zero-order valence-corrected chi connectivity index (χ0v) is 14.7. The third kappa shape index (κ3) is 1.58. The number of likely N-dealkylation sites (tertiary alicyclic amines) is 1. The van der Waals surface area contributed by atoms with Crippen LogP contribution in [0.5, 0.6) is 11.5 Å². The number of benzene rings is 1. The van der Waals surface area contributed by atoms with E-state index >= 15 is 0 Å². The molecule has 0 amide bonds. The summed E-state index contributed by atoms with van der Waals surface area (Å²) in [6.45, 7) is 1.08. The number of nitrogens with zero attached hydrogens (tertiary/aromatic N) is 2. The van der Waals surface area contributed by atoms with Crippen molar-refractivity contribution in [2.75, 3.05) is 20.7 Å². The van der Waals surface area contributed by atoms with E-state index in [4.69, 9.17) is 21.7 Å². The predicted octanol–water partition coefficient (Wildman–Crippen LogP) is 2.61. The molecule has 124 valence electrons. The van der Waals surface area contributed by atoms with Crippen molar-refractivity contribution in [2.45, 2.75) is 36.4 Å². The van der Waals surface area contributed by atoms with Gasteiger partial charge < -0.3 is 14.4 Å². The molecule has 2 aliphatic heterocycles. The van der Waals surface area contributed by atoms with Gasteiger partial charge in [-0.25, -0.2) is 4.99 Å². The fraction of sp³-hybridized carbons (Fsp3) is 0.526. The van der Waals surface area contributed by atoms with Crippen molar-refractivity contribution in [2.24, 2.45) is 10.9 Å². The van der Waals surface area contributed by atoms with Crippen molar-refractivity contribution >= 4 is 17.4 Å². The fourth-order valence-corrected chi connectivity index (χ4v) is 5.76. The van der Waals surface area contributed by atoms with Gasteiger partial charge in [-0.1, -0.05) is 12.1 Å². The van der Waals surface area contributed by atoms with E-state index in [1.807, 2.05) is 0 Å². The summed E-state index contributed by atoms with van der Waals surface area (Å²) in [6, 6.07) is 4.82. The van der Waals surface area contributed by atoms with Crippen LogP contribution in [0.25, 0.3) is 0 Å². The Bertz CT molecular complexity index is 801. The Morgan fingerprint density at radius 2 is 2.29 bits per heavy atom. The zero-order chi connectivity index (χ0) is 16.5. The highest BCUT2D eigenvalue weighted by molar-refractivity contribution is 7.78. The van der Waals surface area contributed by atoms with Gasteiger partial charge in [0.2, 0.25) is 0 Å². The first-order valence-corrected chi connectivity index (χ1v) is 8.94. The van der Waals surface area contributed by atoms with Crippen LogP contribution < -0.4 is 9.47 Å². The van der Waals surface area contributed by atoms with E-state index < -0.39 is 0 Å². The standard InChI is InChI=1S/C19H20N2O2S/c1-21-8-7-19-15-6-4-12(20-10-24)17(19)13(21)9-11-3-5-14(22-2)18(23-15)16(11)19/h3-6,12-13,15,17H,7-9H2,1-2H3/t12-,13+,15-,17-,19+/m0/s1. The molecule has 0 N–H and O–H groups in total. The van der Waals surface area contributed by atoms with Gasteiger partial charge >= 0.3 is 0 Å². The third-order valence-electron chi connectivity index (χ3n) is 6.58. The maximum atomic E-state index is 6.44. The molecule has 0 saturated carbocycles. The maximum absolute atomic E-state index is 6.44. The van der Waals surface area contributed by atoms with Gasteiger partial charge in [0, 0.05) is 22.9 Å². The van der Waals surface area contributed by atoms with E-state index in [0.29, 0.717) is 12.0 Å². The Kier molecular flexibility index (Phi) is 3.00. The Hall–Kier alpha value is -1.68. The number of isothiocyanates is 1. The van der Waals surface area contributed by atoms with Crippen molar-refractivity contribution < 1.29 is 9.47 Å². The van der Waals surface area contributed by atoms with Crippen LogP contribution >= 0.6 is 12.2 Å². The molecule has 1 aromatic carbocycles. The number of methoxy groups -OCH3 is 1. The van der Waals surface area contributed by atoms with E-state index in [9.17, 15) is 0 Å². The average Bonchev–Trinajstić information content (AvgIpc) is 2.93. The van der Waals surface area contributed by atoms with Crippen molar-refractivity contribution in [3.63, 3.8) is 0 Å². The Morgan fingerprint density at radius 1 is 1.42 bits per heavy atom. The van der Waals surface area contributed by atoms with Gasteiger partial charge in [0.05, 0.1) is 18.3 Å². The van der Waals surface area contributed by atoms with Gasteiger partial charge in [0.15, 0.2) is 11.5 Å². The lowest BCUT2D eigenvalue weighted by atomic mass is 9.52. The summed E-state index contributed by atoms with van der Waals surface area (Å²) in [5.41, 5.74) is 2.76. The second-order valence-electron chi connectivity index (χ2n) is 7.33. The van der Waals surface area contributed by atoms with Crippen LogP contribution in [0.2, 0.25) is 0 Å². The lowest BCUT2D eigenvalue weighted by molar-refractivity contribution is -0.0111. The number of hydrogen-bond acceptors (Lipinski definition) is 5. The molecule has 1 spiro atoms. The first-order valence-electron chi connectivity index (χ1n) is 8.53. The third-order valence-corrected chi connectivity index (χ3v) is 6.69. The molecule has 0 radical (unpaired) electrons. The Morgan fingerprint density at radius 3 is 3.08 bits per heavy atom. The number of rotatable bonds is 2. The summed E-state index contributed by atoms with van der Waals surface area (Å²) < 4.78 is 12.0. The minimum atomic E-state index is -0.0102. The van der Waals surface area contributed by atoms with E-state index in [-0.39, 0.29) is 17.6 Å². The van der Waals surface area contributed by atoms with E-state index in [1.54, 1.807) is 7.11 Å². The molecule has 0 unspecified atom stereocenters. The van der Waals surface area contributed by atoms with E-state index in [2.05, 4.69) is 46.4 Å². The number of likely N-dealkylation sites (N-methyl/N-ethyl adjacent to an activating group) is 1. The van der Waals surface area contributed by atoms with Crippen LogP contribution in [-0.2, 0) is 11.8 Å². The molecule has 2 aliphatic carbocycles. The van der Waals surface area contributed by atoms with Gasteiger partial charge in [-0.3, -0.25) is 0 Å². The largest absolute Gasteiger partial charge is 0.493 e. The first kappa shape index (κ1) is 14.6. The molecule has 5 heteroatoms. The van der Waals surface area contributed by atoms with Crippen LogP contribution in [0.4, 0.5) is 0 Å². The summed E-state index contributed by atoms with van der Waals surface area (Å²) >= 11 is 4.93. The summed E-state index contributed by atoms with van der Waals surface area (Å²) in [4.78, 5) is 7.01. The summed E-state index contributed by atoms with van der Waals surface area (Å²) in [7, 11) is 3.95. The second-order valence-corrected chi connectivity index (χ2v) is 7.52. The van der Waals surface area contributed by atoms with Crippen molar-refractivity contribution in [1.29, 1.82) is 0 Å². The van der Waals surface area contributed by atoms with Crippen LogP contribution in [0, 0.1) is 5.92 Å². The lowest BCUT2D eigenvalue weighted by Crippen LogP contribution is -2.65. The number of aliphatic imine (C=N–C) groups is 1. The zero-order valence-electron chi connectivity index (χ0n) is 13.9. The number of hydrogen-bond donors (Lipinski definition) is 0. The molecule has 1 fully saturated rings. The molecular formula is C19H20N2O2S. The van der Waals surface area contributed by atoms with Gasteiger partial charge in [-0.05, 0) is 56.4 Å². The highest BCUT2D eigenvalue weighted by Crippen LogP contribution is 2.62. The monoisotopic (exact) mass is 340 g/mol. The molecule has 5 rings (SSSR count). The number of thiocarbonyl (C=S) groups is 1.